The highest BCUT2D eigenvalue weighted by Crippen LogP contribution is 2.37. The van der Waals surface area contributed by atoms with E-state index in [1.165, 1.54) is 23.3 Å². The highest BCUT2D eigenvalue weighted by molar-refractivity contribution is 7.10. The van der Waals surface area contributed by atoms with E-state index >= 15 is 0 Å². The largest absolute Gasteiger partial charge is 0.496 e. The van der Waals surface area contributed by atoms with Crippen LogP contribution < -0.4 is 10.1 Å². The number of methoxy groups -OCH3 is 1. The molecule has 2 aliphatic heterocycles. The Hall–Kier alpha value is -3.55. The van der Waals surface area contributed by atoms with Gasteiger partial charge in [-0.25, -0.2) is 9.78 Å². The number of para-hydroxylation sites is 1. The van der Waals surface area contributed by atoms with Crippen LogP contribution in [-0.2, 0) is 14.3 Å². The van der Waals surface area contributed by atoms with Crippen molar-refractivity contribution < 1.29 is 33.8 Å². The number of ether oxygens (including phenoxy) is 2. The number of fused-ring (bicyclic) bond motifs is 1. The van der Waals surface area contributed by atoms with Gasteiger partial charge in [0.2, 0.25) is 17.6 Å². The molecule has 3 amide bonds. The molecule has 5 rings (SSSR count). The number of piperazine rings is 1. The van der Waals surface area contributed by atoms with Gasteiger partial charge in [-0.2, -0.15) is 0 Å². The molecule has 0 spiro atoms. The van der Waals surface area contributed by atoms with Crippen LogP contribution in [0.1, 0.15) is 100 Å². The highest BCUT2D eigenvalue weighted by atomic mass is 32.1. The van der Waals surface area contributed by atoms with E-state index in [1.54, 1.807) is 51.3 Å². The van der Waals surface area contributed by atoms with E-state index < -0.39 is 29.6 Å². The summed E-state index contributed by atoms with van der Waals surface area (Å²) in [5.74, 6) is -0.973. The van der Waals surface area contributed by atoms with Crippen molar-refractivity contribution in [3.05, 3.63) is 45.9 Å². The normalized spacial score (nSPS) is 22.8. The smallest absolute Gasteiger partial charge is 0.407 e. The summed E-state index contributed by atoms with van der Waals surface area (Å²) in [6.45, 7) is 11.5. The molecule has 12 nitrogen and oxygen atoms in total. The lowest BCUT2D eigenvalue weighted by Gasteiger charge is -2.45. The van der Waals surface area contributed by atoms with Gasteiger partial charge in [-0.3, -0.25) is 19.3 Å². The lowest BCUT2D eigenvalue weighted by Crippen LogP contribution is -2.60. The third-order valence-electron chi connectivity index (χ3n) is 10.4. The van der Waals surface area contributed by atoms with Gasteiger partial charge in [0.1, 0.15) is 22.5 Å². The molecular weight excluding hydrogens is 659 g/mol. The standard InChI is InChI=1S/C37H53N5O7S/c1-7-49-26-17-25-19-41(29(21-40(25)20-26)34-38-28(22-50-34)32(43)27-15-11-12-16-30(27)48-6)35(45)31(24-13-9-8-10-14-24)39-33(44)23(2)18-42(36(46)47)37(3,4)5/h11-12,15-16,22-26,29,31H,7-10,13-14,17-21H2,1-6H3,(H,39,44)(H,46,47)/t23-,25+,26+,29-,31-/m0/s1. The molecule has 5 atom stereocenters. The van der Waals surface area contributed by atoms with E-state index in [-0.39, 0.29) is 42.2 Å². The summed E-state index contributed by atoms with van der Waals surface area (Å²) in [7, 11) is 1.53. The maximum absolute atomic E-state index is 14.9. The summed E-state index contributed by atoms with van der Waals surface area (Å²) >= 11 is 1.36. The summed E-state index contributed by atoms with van der Waals surface area (Å²) in [6.07, 6.45) is 4.47. The number of hydrogen-bond acceptors (Lipinski definition) is 9. The number of thiazole rings is 1. The number of carboxylic acid groups (broad SMARTS) is 1. The predicted molar refractivity (Wildman–Crippen MR) is 191 cm³/mol. The number of benzene rings is 1. The Kier molecular flexibility index (Phi) is 12.2. The third kappa shape index (κ3) is 8.48. The first-order valence-corrected chi connectivity index (χ1v) is 18.8. The van der Waals surface area contributed by atoms with Crippen LogP contribution in [0.15, 0.2) is 29.6 Å². The number of ketones is 1. The van der Waals surface area contributed by atoms with E-state index in [4.69, 9.17) is 14.5 Å². The first kappa shape index (κ1) is 37.7. The molecular formula is C37H53N5O7S. The van der Waals surface area contributed by atoms with E-state index in [0.29, 0.717) is 41.7 Å². The molecule has 0 unspecified atom stereocenters. The van der Waals surface area contributed by atoms with Gasteiger partial charge in [-0.1, -0.05) is 38.3 Å². The molecule has 2 aromatic rings. The quantitative estimate of drug-likeness (QED) is 0.284. The molecule has 0 radical (unpaired) electrons. The maximum atomic E-state index is 14.9. The Morgan fingerprint density at radius 1 is 1.10 bits per heavy atom. The molecule has 274 valence electrons. The topological polar surface area (TPSA) is 142 Å². The molecule has 3 heterocycles. The predicted octanol–water partition coefficient (Wildman–Crippen LogP) is 5.23. The van der Waals surface area contributed by atoms with Crippen molar-refractivity contribution in [2.24, 2.45) is 11.8 Å². The summed E-state index contributed by atoms with van der Waals surface area (Å²) in [5, 5.41) is 15.4. The van der Waals surface area contributed by atoms with Crippen molar-refractivity contribution in [2.45, 2.75) is 103 Å². The SMILES string of the molecule is CCO[C@@H]1C[C@@H]2CN(C(=O)[C@@H](NC(=O)[C@@H](C)CN(C(=O)O)C(C)(C)C)C3CCCCC3)[C@H](c3nc(C(=O)c4ccccc4OC)cs3)CN2C1. The van der Waals surface area contributed by atoms with Crippen LogP contribution in [0.25, 0.3) is 0 Å². The maximum Gasteiger partial charge on any atom is 0.407 e. The van der Waals surface area contributed by atoms with Gasteiger partial charge >= 0.3 is 6.09 Å². The van der Waals surface area contributed by atoms with Gasteiger partial charge in [-0.15, -0.1) is 11.3 Å². The molecule has 0 bridgehead atoms. The van der Waals surface area contributed by atoms with E-state index in [2.05, 4.69) is 10.2 Å². The number of amides is 3. The zero-order valence-electron chi connectivity index (χ0n) is 30.2. The van der Waals surface area contributed by atoms with Crippen LogP contribution in [0.5, 0.6) is 5.75 Å². The van der Waals surface area contributed by atoms with Crippen LogP contribution >= 0.6 is 11.3 Å². The van der Waals surface area contributed by atoms with E-state index in [1.807, 2.05) is 17.9 Å². The molecule has 13 heteroatoms. The number of hydrogen-bond donors (Lipinski definition) is 2. The van der Waals surface area contributed by atoms with Crippen LogP contribution in [0.4, 0.5) is 4.79 Å². The third-order valence-corrected chi connectivity index (χ3v) is 11.3. The Labute approximate surface area is 299 Å². The second-order valence-corrected chi connectivity index (χ2v) is 15.8. The van der Waals surface area contributed by atoms with Crippen molar-refractivity contribution in [2.75, 3.05) is 39.9 Å². The fourth-order valence-corrected chi connectivity index (χ4v) is 8.57. The minimum atomic E-state index is -1.09. The first-order chi connectivity index (χ1) is 23.8. The molecule has 2 saturated heterocycles. The molecule has 2 N–H and O–H groups in total. The number of carbonyl (C=O) groups is 4. The van der Waals surface area contributed by atoms with Crippen LogP contribution in [0.3, 0.4) is 0 Å². The van der Waals surface area contributed by atoms with E-state index in [9.17, 15) is 24.3 Å². The minimum absolute atomic E-state index is 0.0144. The van der Waals surface area contributed by atoms with Crippen molar-refractivity contribution in [1.29, 1.82) is 0 Å². The van der Waals surface area contributed by atoms with Gasteiger partial charge in [-0.05, 0) is 65.0 Å². The first-order valence-electron chi connectivity index (χ1n) is 17.9. The molecule has 1 aromatic carbocycles. The monoisotopic (exact) mass is 711 g/mol. The summed E-state index contributed by atoms with van der Waals surface area (Å²) in [5.41, 5.74) is 0.0293. The number of rotatable bonds is 12. The number of nitrogens with one attached hydrogen (secondary N) is 1. The lowest BCUT2D eigenvalue weighted by atomic mass is 9.82. The summed E-state index contributed by atoms with van der Waals surface area (Å²) in [4.78, 5) is 64.7. The Balaban J connectivity index is 1.44. The second-order valence-electron chi connectivity index (χ2n) is 14.9. The van der Waals surface area contributed by atoms with Crippen LogP contribution in [-0.4, -0.2) is 112 Å². The highest BCUT2D eigenvalue weighted by Gasteiger charge is 2.46. The zero-order valence-corrected chi connectivity index (χ0v) is 31.0. The number of nitrogens with zero attached hydrogens (tertiary/aromatic N) is 4. The molecule has 1 aliphatic carbocycles. The Morgan fingerprint density at radius 2 is 1.82 bits per heavy atom. The zero-order chi connectivity index (χ0) is 36.2. The van der Waals surface area contributed by atoms with Crippen molar-refractivity contribution in [3.63, 3.8) is 0 Å². The molecule has 3 aliphatic rings. The fraction of sp³-hybridized carbons (Fsp3) is 0.649. The van der Waals surface area contributed by atoms with E-state index in [0.717, 1.165) is 45.1 Å². The Morgan fingerprint density at radius 3 is 2.48 bits per heavy atom. The lowest BCUT2D eigenvalue weighted by molar-refractivity contribution is -0.144. The van der Waals surface area contributed by atoms with Crippen LogP contribution in [0, 0.1) is 11.8 Å². The van der Waals surface area contributed by atoms with Crippen molar-refractivity contribution >= 4 is 35.0 Å². The van der Waals surface area contributed by atoms with Gasteiger partial charge in [0.05, 0.1) is 30.7 Å². The van der Waals surface area contributed by atoms with Gasteiger partial charge in [0.15, 0.2) is 0 Å². The summed E-state index contributed by atoms with van der Waals surface area (Å²) in [6, 6.07) is 5.97. The Bertz CT molecular complexity index is 1520. The second kappa shape index (κ2) is 16.2. The van der Waals surface area contributed by atoms with Gasteiger partial charge in [0, 0.05) is 49.7 Å². The van der Waals surface area contributed by atoms with Gasteiger partial charge in [0.25, 0.3) is 0 Å². The fourth-order valence-electron chi connectivity index (χ4n) is 7.67. The molecule has 1 aromatic heterocycles. The van der Waals surface area contributed by atoms with Crippen molar-refractivity contribution in [3.8, 4) is 5.75 Å². The van der Waals surface area contributed by atoms with Gasteiger partial charge < -0.3 is 29.7 Å². The van der Waals surface area contributed by atoms with Crippen LogP contribution in [0.2, 0.25) is 0 Å². The average Bonchev–Trinajstić information content (AvgIpc) is 3.75. The number of aromatic nitrogens is 1. The molecule has 50 heavy (non-hydrogen) atoms. The van der Waals surface area contributed by atoms with Crippen molar-refractivity contribution in [1.82, 2.24) is 25.0 Å². The number of carbonyl (C=O) groups excluding carboxylic acids is 3. The molecule has 3 fully saturated rings. The summed E-state index contributed by atoms with van der Waals surface area (Å²) < 4.78 is 11.4. The molecule has 1 saturated carbocycles. The minimum Gasteiger partial charge on any atom is -0.496 e. The average molecular weight is 712 g/mol.